The first-order chi connectivity index (χ1) is 15.9. The summed E-state index contributed by atoms with van der Waals surface area (Å²) < 4.78 is 5.45. The number of rotatable bonds is 5. The summed E-state index contributed by atoms with van der Waals surface area (Å²) in [5.41, 5.74) is 2.83. The van der Waals surface area contributed by atoms with Crippen molar-refractivity contribution in [3.8, 4) is 11.3 Å². The summed E-state index contributed by atoms with van der Waals surface area (Å²) in [6.07, 6.45) is 7.47. The Morgan fingerprint density at radius 3 is 2.61 bits per heavy atom. The lowest BCUT2D eigenvalue weighted by Gasteiger charge is -2.20. The van der Waals surface area contributed by atoms with Gasteiger partial charge in [-0.05, 0) is 44.5 Å². The molecule has 0 spiro atoms. The number of anilines is 1. The van der Waals surface area contributed by atoms with E-state index in [0.717, 1.165) is 35.2 Å². The molecule has 5 rings (SSSR count). The minimum atomic E-state index is -0.975. The van der Waals surface area contributed by atoms with Crippen LogP contribution in [0.25, 0.3) is 22.2 Å². The highest BCUT2D eigenvalue weighted by molar-refractivity contribution is 5.96. The highest BCUT2D eigenvalue weighted by Gasteiger charge is 2.26. The Morgan fingerprint density at radius 1 is 1.12 bits per heavy atom. The molecule has 1 saturated heterocycles. The maximum atomic E-state index is 12.8. The second kappa shape index (κ2) is 8.29. The molecule has 1 amide bonds. The third-order valence-electron chi connectivity index (χ3n) is 5.95. The molecule has 0 bridgehead atoms. The zero-order valence-corrected chi connectivity index (χ0v) is 18.5. The fourth-order valence-electron chi connectivity index (χ4n) is 4.03. The zero-order valence-electron chi connectivity index (χ0n) is 18.5. The van der Waals surface area contributed by atoms with Crippen LogP contribution in [0.3, 0.4) is 0 Å². The number of nitrogens with one attached hydrogen (secondary N) is 1. The van der Waals surface area contributed by atoms with E-state index < -0.39 is 5.60 Å². The largest absolute Gasteiger partial charge is 0.464 e. The second-order valence-corrected chi connectivity index (χ2v) is 8.81. The van der Waals surface area contributed by atoms with E-state index in [1.54, 1.807) is 38.7 Å². The molecule has 1 aromatic carbocycles. The SMILES string of the molecule is CC(C)(O)c1cnc(N2CC[C@H](NC(=O)c3ccc(-c4nccc5occc45)cc3)C2)nc1. The van der Waals surface area contributed by atoms with Crippen molar-refractivity contribution < 1.29 is 14.3 Å². The van der Waals surface area contributed by atoms with Crippen molar-refractivity contribution in [2.24, 2.45) is 0 Å². The van der Waals surface area contributed by atoms with Crippen LogP contribution in [-0.4, -0.2) is 45.1 Å². The Morgan fingerprint density at radius 2 is 1.88 bits per heavy atom. The van der Waals surface area contributed by atoms with Crippen LogP contribution in [0.5, 0.6) is 0 Å². The van der Waals surface area contributed by atoms with Gasteiger partial charge in [0.05, 0.1) is 17.6 Å². The van der Waals surface area contributed by atoms with Crippen LogP contribution in [0.4, 0.5) is 5.95 Å². The van der Waals surface area contributed by atoms with Gasteiger partial charge in [-0.1, -0.05) is 12.1 Å². The first-order valence-corrected chi connectivity index (χ1v) is 10.9. The average Bonchev–Trinajstić information content (AvgIpc) is 3.48. The molecule has 33 heavy (non-hydrogen) atoms. The predicted octanol–water partition coefficient (Wildman–Crippen LogP) is 3.52. The van der Waals surface area contributed by atoms with Crippen molar-refractivity contribution in [2.75, 3.05) is 18.0 Å². The molecule has 4 heterocycles. The van der Waals surface area contributed by atoms with Crippen LogP contribution in [0.1, 0.15) is 36.2 Å². The smallest absolute Gasteiger partial charge is 0.251 e. The van der Waals surface area contributed by atoms with E-state index in [1.165, 1.54) is 0 Å². The van der Waals surface area contributed by atoms with Gasteiger partial charge in [-0.15, -0.1) is 0 Å². The highest BCUT2D eigenvalue weighted by Crippen LogP contribution is 2.27. The number of furan rings is 1. The molecule has 8 nitrogen and oxygen atoms in total. The monoisotopic (exact) mass is 443 g/mol. The maximum Gasteiger partial charge on any atom is 0.251 e. The van der Waals surface area contributed by atoms with Crippen molar-refractivity contribution in [1.82, 2.24) is 20.3 Å². The minimum absolute atomic E-state index is 0.0103. The van der Waals surface area contributed by atoms with E-state index in [2.05, 4.69) is 20.3 Å². The van der Waals surface area contributed by atoms with Gasteiger partial charge >= 0.3 is 0 Å². The third kappa shape index (κ3) is 4.29. The lowest BCUT2D eigenvalue weighted by atomic mass is 10.0. The summed E-state index contributed by atoms with van der Waals surface area (Å²) in [4.78, 5) is 28.1. The van der Waals surface area contributed by atoms with E-state index >= 15 is 0 Å². The number of hydrogen-bond acceptors (Lipinski definition) is 7. The Hall–Kier alpha value is -3.78. The number of hydrogen-bond donors (Lipinski definition) is 2. The molecule has 3 aromatic heterocycles. The topological polar surface area (TPSA) is 104 Å². The first kappa shape index (κ1) is 21.1. The molecule has 1 fully saturated rings. The van der Waals surface area contributed by atoms with E-state index in [9.17, 15) is 9.90 Å². The van der Waals surface area contributed by atoms with Gasteiger partial charge in [0.15, 0.2) is 0 Å². The van der Waals surface area contributed by atoms with Crippen molar-refractivity contribution in [3.63, 3.8) is 0 Å². The van der Waals surface area contributed by atoms with E-state index in [-0.39, 0.29) is 11.9 Å². The van der Waals surface area contributed by atoms with Crippen LogP contribution in [-0.2, 0) is 5.60 Å². The van der Waals surface area contributed by atoms with Crippen molar-refractivity contribution in [2.45, 2.75) is 31.9 Å². The number of carbonyl (C=O) groups excluding carboxylic acids is 1. The molecule has 0 saturated carbocycles. The summed E-state index contributed by atoms with van der Waals surface area (Å²) >= 11 is 0. The lowest BCUT2D eigenvalue weighted by molar-refractivity contribution is 0.0778. The predicted molar refractivity (Wildman–Crippen MR) is 125 cm³/mol. The second-order valence-electron chi connectivity index (χ2n) is 8.81. The van der Waals surface area contributed by atoms with E-state index in [4.69, 9.17) is 4.42 Å². The molecule has 1 aliphatic rings. The van der Waals surface area contributed by atoms with Gasteiger partial charge in [0, 0.05) is 59.8 Å². The summed E-state index contributed by atoms with van der Waals surface area (Å²) in [6, 6.07) is 11.2. The molecule has 1 atom stereocenters. The highest BCUT2D eigenvalue weighted by atomic mass is 16.3. The summed E-state index contributed by atoms with van der Waals surface area (Å²) in [6.45, 7) is 4.80. The van der Waals surface area contributed by atoms with E-state index in [0.29, 0.717) is 23.6 Å². The van der Waals surface area contributed by atoms with Crippen LogP contribution in [0.2, 0.25) is 0 Å². The zero-order chi connectivity index (χ0) is 23.0. The van der Waals surface area contributed by atoms with Gasteiger partial charge in [0.2, 0.25) is 5.95 Å². The maximum absolute atomic E-state index is 12.8. The van der Waals surface area contributed by atoms with Gasteiger partial charge in [0.25, 0.3) is 5.91 Å². The molecule has 168 valence electrons. The van der Waals surface area contributed by atoms with Crippen LogP contribution in [0, 0.1) is 0 Å². The summed E-state index contributed by atoms with van der Waals surface area (Å²) in [7, 11) is 0. The number of fused-ring (bicyclic) bond motifs is 1. The Bertz CT molecular complexity index is 1280. The number of amides is 1. The molecular formula is C25H25N5O3. The molecule has 4 aromatic rings. The van der Waals surface area contributed by atoms with Crippen LogP contribution in [0.15, 0.2) is 65.7 Å². The Kier molecular flexibility index (Phi) is 5.30. The Labute approximate surface area is 191 Å². The molecule has 0 unspecified atom stereocenters. The number of carbonyl (C=O) groups is 1. The van der Waals surface area contributed by atoms with Gasteiger partial charge in [0.1, 0.15) is 5.58 Å². The number of aliphatic hydroxyl groups is 1. The quantitative estimate of drug-likeness (QED) is 0.486. The molecule has 0 aliphatic carbocycles. The van der Waals surface area contributed by atoms with Crippen LogP contribution >= 0.6 is 0 Å². The molecular weight excluding hydrogens is 418 g/mol. The molecule has 2 N–H and O–H groups in total. The Balaban J connectivity index is 1.23. The van der Waals surface area contributed by atoms with Crippen LogP contribution < -0.4 is 10.2 Å². The summed E-state index contributed by atoms with van der Waals surface area (Å²) in [5.74, 6) is 0.492. The number of benzene rings is 1. The fraction of sp³-hybridized carbons (Fsp3) is 0.280. The van der Waals surface area contributed by atoms with Crippen molar-refractivity contribution >= 4 is 22.8 Å². The average molecular weight is 444 g/mol. The van der Waals surface area contributed by atoms with Gasteiger partial charge in [-0.25, -0.2) is 9.97 Å². The molecule has 1 aliphatic heterocycles. The molecule has 0 radical (unpaired) electrons. The van der Waals surface area contributed by atoms with Gasteiger partial charge < -0.3 is 19.7 Å². The minimum Gasteiger partial charge on any atom is -0.464 e. The normalized spacial score (nSPS) is 16.3. The molecule has 8 heteroatoms. The van der Waals surface area contributed by atoms with E-state index in [1.807, 2.05) is 41.3 Å². The standard InChI is InChI=1S/C25H25N5O3/c1-25(2,32)18-13-27-24(28-14-18)30-11-8-19(15-30)29-23(31)17-5-3-16(4-6-17)22-20-9-12-33-21(20)7-10-26-22/h3-7,9-10,12-14,19,32H,8,11,15H2,1-2H3,(H,29,31)/t19-/m0/s1. The van der Waals surface area contributed by atoms with Gasteiger partial charge in [-0.2, -0.15) is 0 Å². The van der Waals surface area contributed by atoms with Crippen molar-refractivity contribution in [3.05, 3.63) is 72.4 Å². The number of pyridine rings is 1. The summed E-state index contributed by atoms with van der Waals surface area (Å²) in [5, 5.41) is 14.1. The van der Waals surface area contributed by atoms with Gasteiger partial charge in [-0.3, -0.25) is 9.78 Å². The number of nitrogens with zero attached hydrogens (tertiary/aromatic N) is 4. The fourth-order valence-corrected chi connectivity index (χ4v) is 4.03. The third-order valence-corrected chi connectivity index (χ3v) is 5.95. The van der Waals surface area contributed by atoms with Crippen molar-refractivity contribution in [1.29, 1.82) is 0 Å². The number of aromatic nitrogens is 3. The first-order valence-electron chi connectivity index (χ1n) is 10.9. The lowest BCUT2D eigenvalue weighted by Crippen LogP contribution is -2.37.